The molecule has 35 heteroatoms. The van der Waals surface area contributed by atoms with Gasteiger partial charge in [0.25, 0.3) is 0 Å². The summed E-state index contributed by atoms with van der Waals surface area (Å²) in [6.45, 7) is 3.24. The molecule has 0 aliphatic carbocycles. The van der Waals surface area contributed by atoms with Gasteiger partial charge in [-0.15, -0.1) is 10.2 Å². The van der Waals surface area contributed by atoms with Crippen molar-refractivity contribution in [3.63, 3.8) is 0 Å². The second-order valence-electron chi connectivity index (χ2n) is 21.0. The van der Waals surface area contributed by atoms with Gasteiger partial charge in [0.1, 0.15) is 72.2 Å². The first-order valence-electron chi connectivity index (χ1n) is 29.1. The number of rotatable bonds is 40. The molecule has 9 amide bonds. The number of nitrogens with one attached hydrogen (secondary N) is 9. The third kappa shape index (κ3) is 26.5. The SMILES string of the molecule is CC(=O)NC(CCC(=O)NCc1cn(CCO[C@@H]2O[C@H](CO)[C@@H](O)[C@H](O)[C@H]2NC(C)=O)nn1)C(=O)NCCCCCCCC(=O)NC(CCC(=O)NCc1cn(CCO[C@@H]2O[C@H](CO)[C@@H](O)[C@H](O)[C@H]2NC(C)=O)nn1)C(=O)NCCCCCC(=O)NN. The molecule has 2 aliphatic heterocycles. The minimum atomic E-state index is -1.47. The molecule has 0 aromatic carbocycles. The monoisotopic (exact) mass is 1240 g/mol. The van der Waals surface area contributed by atoms with Gasteiger partial charge in [-0.25, -0.2) is 15.2 Å². The highest BCUT2D eigenvalue weighted by molar-refractivity contribution is 5.89. The molecule has 2 aliphatic rings. The molecule has 87 heavy (non-hydrogen) atoms. The summed E-state index contributed by atoms with van der Waals surface area (Å²) in [5.41, 5.74) is 2.85. The predicted molar refractivity (Wildman–Crippen MR) is 299 cm³/mol. The Morgan fingerprint density at radius 3 is 1.38 bits per heavy atom. The standard InChI is InChI=1S/C52H88N16O19/c1-30(71)58-35(14-16-39(74)56-24-33-26-67(65-63-33)20-22-84-51-43(59-31(2)72)47(80)45(78)37(28-69)86-51)49(82)54-18-10-6-4-5-8-12-41(76)61-36(50(83)55-19-11-7-9-13-42(77)62-53)15-17-40(75)57-25-34-27-68(66-64-34)21-23-85-52-44(60-32(3)73)48(81)46(79)38(29-70)87-52/h26-27,35-38,43-48,51-52,69-70,78-81H,4-25,28-29,53H2,1-3H3,(H,54,82)(H,55,83)(H,56,74)(H,57,75)(H,58,71)(H,59,72)(H,60,73)(H,61,76)(H,62,77)/t35?,36?,37-,38-,43-,44-,45-,46-,47-,48-,51-,52-/m1/s1. The van der Waals surface area contributed by atoms with Crippen molar-refractivity contribution in [2.24, 2.45) is 5.84 Å². The molecule has 2 saturated heterocycles. The Morgan fingerprint density at radius 1 is 0.540 bits per heavy atom. The first-order valence-corrected chi connectivity index (χ1v) is 29.1. The van der Waals surface area contributed by atoms with E-state index in [1.807, 2.05) is 0 Å². The Hall–Kier alpha value is -6.93. The van der Waals surface area contributed by atoms with Crippen LogP contribution in [0, 0.1) is 0 Å². The number of carbonyl (C=O) groups is 9. The van der Waals surface area contributed by atoms with Gasteiger partial charge in [0.05, 0.1) is 65.0 Å². The van der Waals surface area contributed by atoms with E-state index in [1.165, 1.54) is 30.1 Å². The molecule has 0 saturated carbocycles. The van der Waals surface area contributed by atoms with Crippen molar-refractivity contribution in [1.82, 2.24) is 77.9 Å². The first-order chi connectivity index (χ1) is 41.6. The van der Waals surface area contributed by atoms with Gasteiger partial charge in [0.2, 0.25) is 53.2 Å². The predicted octanol–water partition coefficient (Wildman–Crippen LogP) is -6.60. The molecule has 17 N–H and O–H groups in total. The van der Waals surface area contributed by atoms with E-state index >= 15 is 0 Å². The van der Waals surface area contributed by atoms with E-state index in [1.54, 1.807) is 12.4 Å². The summed E-state index contributed by atoms with van der Waals surface area (Å²) >= 11 is 0. The van der Waals surface area contributed by atoms with E-state index in [4.69, 9.17) is 24.8 Å². The quantitative estimate of drug-likeness (QED) is 0.0128. The number of carbonyl (C=O) groups excluding carboxylic acids is 9. The van der Waals surface area contributed by atoms with Crippen molar-refractivity contribution in [1.29, 1.82) is 0 Å². The normalized spacial score (nSPS) is 22.4. The van der Waals surface area contributed by atoms with Gasteiger partial charge >= 0.3 is 0 Å². The molecular weight excluding hydrogens is 1150 g/mol. The van der Waals surface area contributed by atoms with E-state index in [9.17, 15) is 73.8 Å². The summed E-state index contributed by atoms with van der Waals surface area (Å²) in [5, 5.41) is 97.9. The highest BCUT2D eigenvalue weighted by Gasteiger charge is 2.46. The molecule has 0 radical (unpaired) electrons. The molecule has 4 heterocycles. The van der Waals surface area contributed by atoms with Crippen molar-refractivity contribution in [3.05, 3.63) is 23.8 Å². The number of nitrogens with zero attached hydrogens (tertiary/aromatic N) is 6. The van der Waals surface area contributed by atoms with Crippen LogP contribution in [-0.2, 0) is 88.3 Å². The largest absolute Gasteiger partial charge is 0.394 e. The molecule has 0 bridgehead atoms. The summed E-state index contributed by atoms with van der Waals surface area (Å²) in [4.78, 5) is 112. The van der Waals surface area contributed by atoms with Crippen molar-refractivity contribution >= 4 is 53.2 Å². The average Bonchev–Trinajstić information content (AvgIpc) is 4.41. The molecular formula is C52H88N16O19. The lowest BCUT2D eigenvalue weighted by Gasteiger charge is -2.42. The number of nitrogens with two attached hydrogens (primary N) is 1. The lowest BCUT2D eigenvalue weighted by molar-refractivity contribution is -0.270. The number of amides is 9. The molecule has 2 aromatic heterocycles. The molecule has 0 spiro atoms. The second-order valence-corrected chi connectivity index (χ2v) is 21.0. The van der Waals surface area contributed by atoms with Gasteiger partial charge in [-0.3, -0.25) is 48.6 Å². The summed E-state index contributed by atoms with van der Waals surface area (Å²) in [6.07, 6.45) is -2.50. The molecule has 12 atom stereocenters. The Kier molecular flexibility index (Phi) is 32.6. The van der Waals surface area contributed by atoms with Gasteiger partial charge in [-0.2, -0.15) is 0 Å². The fraction of sp³-hybridized carbons (Fsp3) is 0.750. The van der Waals surface area contributed by atoms with Gasteiger partial charge in [-0.05, 0) is 38.5 Å². The van der Waals surface area contributed by atoms with Crippen LogP contribution in [0.5, 0.6) is 0 Å². The van der Waals surface area contributed by atoms with Crippen molar-refractivity contribution in [2.45, 2.75) is 210 Å². The van der Waals surface area contributed by atoms with Gasteiger partial charge < -0.3 is 92.1 Å². The smallest absolute Gasteiger partial charge is 0.242 e. The zero-order chi connectivity index (χ0) is 63.8. The van der Waals surface area contributed by atoms with E-state index in [-0.39, 0.29) is 96.9 Å². The summed E-state index contributed by atoms with van der Waals surface area (Å²) in [5.74, 6) is 1.18. The Balaban J connectivity index is 1.13. The van der Waals surface area contributed by atoms with E-state index in [0.29, 0.717) is 56.3 Å². The molecule has 2 unspecified atom stereocenters. The van der Waals surface area contributed by atoms with E-state index in [2.05, 4.69) is 68.6 Å². The van der Waals surface area contributed by atoms with Crippen LogP contribution in [0.15, 0.2) is 12.4 Å². The van der Waals surface area contributed by atoms with Crippen LogP contribution < -0.4 is 53.8 Å². The maximum Gasteiger partial charge on any atom is 0.242 e. The van der Waals surface area contributed by atoms with Crippen LogP contribution in [0.4, 0.5) is 0 Å². The number of hydrazine groups is 1. The van der Waals surface area contributed by atoms with E-state index < -0.39 is 134 Å². The fourth-order valence-electron chi connectivity index (χ4n) is 9.23. The Morgan fingerprint density at radius 2 is 0.954 bits per heavy atom. The van der Waals surface area contributed by atoms with E-state index in [0.717, 1.165) is 6.42 Å². The number of aliphatic hydroxyl groups is 6. The maximum absolute atomic E-state index is 13.3. The second kappa shape index (κ2) is 39.1. The Bertz CT molecular complexity index is 2490. The van der Waals surface area contributed by atoms with Crippen LogP contribution >= 0.6 is 0 Å². The topological polar surface area (TPSA) is 508 Å². The summed E-state index contributed by atoms with van der Waals surface area (Å²) < 4.78 is 25.4. The molecule has 2 fully saturated rings. The van der Waals surface area contributed by atoms with Crippen LogP contribution in [-0.4, -0.2) is 227 Å². The molecule has 2 aromatic rings. The maximum atomic E-state index is 13.3. The minimum Gasteiger partial charge on any atom is -0.394 e. The van der Waals surface area contributed by atoms with Gasteiger partial charge in [0.15, 0.2) is 12.6 Å². The molecule has 4 rings (SSSR count). The molecule has 35 nitrogen and oxygen atoms in total. The first kappa shape index (κ1) is 72.5. The zero-order valence-corrected chi connectivity index (χ0v) is 49.3. The number of ether oxygens (including phenoxy) is 4. The van der Waals surface area contributed by atoms with Gasteiger partial charge in [0, 0.05) is 59.5 Å². The van der Waals surface area contributed by atoms with Crippen molar-refractivity contribution in [2.75, 3.05) is 39.5 Å². The highest BCUT2D eigenvalue weighted by Crippen LogP contribution is 2.24. The fourth-order valence-corrected chi connectivity index (χ4v) is 9.23. The van der Waals surface area contributed by atoms with Crippen LogP contribution in [0.1, 0.15) is 122 Å². The number of aromatic nitrogens is 6. The van der Waals surface area contributed by atoms with Crippen molar-refractivity contribution < 1.29 is 92.7 Å². The lowest BCUT2D eigenvalue weighted by atomic mass is 9.97. The average molecular weight is 1240 g/mol. The lowest BCUT2D eigenvalue weighted by Crippen LogP contribution is -2.64. The highest BCUT2D eigenvalue weighted by atomic mass is 16.7. The number of unbranched alkanes of at least 4 members (excludes halogenated alkanes) is 6. The van der Waals surface area contributed by atoms with Gasteiger partial charge in [-0.1, -0.05) is 36.1 Å². The summed E-state index contributed by atoms with van der Waals surface area (Å²) in [7, 11) is 0. The zero-order valence-electron chi connectivity index (χ0n) is 49.3. The number of aliphatic hydroxyl groups excluding tert-OH is 6. The van der Waals surface area contributed by atoms with Crippen LogP contribution in [0.2, 0.25) is 0 Å². The third-order valence-electron chi connectivity index (χ3n) is 13.9. The minimum absolute atomic E-state index is 0.00125. The van der Waals surface area contributed by atoms with Crippen LogP contribution in [0.25, 0.3) is 0 Å². The number of hydrogen-bond acceptors (Lipinski definition) is 24. The number of hydrogen-bond donors (Lipinski definition) is 16. The van der Waals surface area contributed by atoms with Crippen molar-refractivity contribution in [3.8, 4) is 0 Å². The Labute approximate surface area is 502 Å². The molecule has 490 valence electrons. The van der Waals surface area contributed by atoms with Crippen LogP contribution in [0.3, 0.4) is 0 Å². The third-order valence-corrected chi connectivity index (χ3v) is 13.9. The summed E-state index contributed by atoms with van der Waals surface area (Å²) in [6, 6.07) is -4.25.